The van der Waals surface area contributed by atoms with Gasteiger partial charge >= 0.3 is 0 Å². The predicted octanol–water partition coefficient (Wildman–Crippen LogP) is 3.03. The maximum atomic E-state index is 12.9. The van der Waals surface area contributed by atoms with Gasteiger partial charge in [0.2, 0.25) is 5.91 Å². The van der Waals surface area contributed by atoms with Crippen LogP contribution in [0.15, 0.2) is 11.4 Å². The lowest BCUT2D eigenvalue weighted by molar-refractivity contribution is -0.141. The van der Waals surface area contributed by atoms with Gasteiger partial charge in [0.1, 0.15) is 0 Å². The first-order chi connectivity index (χ1) is 12.1. The van der Waals surface area contributed by atoms with E-state index in [-0.39, 0.29) is 5.92 Å². The average molecular weight is 362 g/mol. The molecule has 1 aromatic rings. The summed E-state index contributed by atoms with van der Waals surface area (Å²) in [6.07, 6.45) is 6.32. The Hall–Kier alpha value is -0.910. The number of carbonyl (C=O) groups excluding carboxylic acids is 1. The predicted molar refractivity (Wildman–Crippen MR) is 103 cm³/mol. The first-order valence-electron chi connectivity index (χ1n) is 9.82. The van der Waals surface area contributed by atoms with Crippen molar-refractivity contribution in [3.8, 4) is 0 Å². The fourth-order valence-electron chi connectivity index (χ4n) is 4.63. The smallest absolute Gasteiger partial charge is 0.227 e. The molecule has 1 aromatic heterocycles. The molecule has 1 amide bonds. The number of thiophene rings is 1. The molecule has 0 aromatic carbocycles. The molecule has 4 nitrogen and oxygen atoms in total. The van der Waals surface area contributed by atoms with Gasteiger partial charge in [-0.05, 0) is 62.7 Å². The van der Waals surface area contributed by atoms with Gasteiger partial charge in [0.25, 0.3) is 0 Å². The zero-order valence-corrected chi connectivity index (χ0v) is 16.4. The molecular weight excluding hydrogens is 330 g/mol. The van der Waals surface area contributed by atoms with Crippen molar-refractivity contribution in [3.63, 3.8) is 0 Å². The molecule has 0 spiro atoms. The van der Waals surface area contributed by atoms with E-state index in [0.29, 0.717) is 11.9 Å². The number of fused-ring (bicyclic) bond motifs is 4. The second kappa shape index (κ2) is 7.37. The van der Waals surface area contributed by atoms with Crippen LogP contribution < -0.4 is 0 Å². The quantitative estimate of drug-likeness (QED) is 0.779. The number of carbonyl (C=O) groups is 1. The maximum absolute atomic E-state index is 12.9. The van der Waals surface area contributed by atoms with Gasteiger partial charge in [0.15, 0.2) is 0 Å². The number of rotatable bonds is 6. The van der Waals surface area contributed by atoms with Crippen LogP contribution in [0.2, 0.25) is 0 Å². The number of nitrogens with zero attached hydrogens (tertiary/aromatic N) is 3. The zero-order valence-electron chi connectivity index (χ0n) is 15.6. The summed E-state index contributed by atoms with van der Waals surface area (Å²) in [6.45, 7) is 5.07. The minimum atomic E-state index is 0.236. The van der Waals surface area contributed by atoms with Crippen molar-refractivity contribution in [2.45, 2.75) is 51.2 Å². The van der Waals surface area contributed by atoms with Crippen molar-refractivity contribution in [1.29, 1.82) is 0 Å². The molecular formula is C20H31N3OS. The molecule has 25 heavy (non-hydrogen) atoms. The van der Waals surface area contributed by atoms with Gasteiger partial charge in [-0.25, -0.2) is 0 Å². The highest BCUT2D eigenvalue weighted by molar-refractivity contribution is 7.10. The summed E-state index contributed by atoms with van der Waals surface area (Å²) >= 11 is 1.87. The molecule has 2 bridgehead atoms. The summed E-state index contributed by atoms with van der Waals surface area (Å²) in [7, 11) is 4.23. The van der Waals surface area contributed by atoms with E-state index in [9.17, 15) is 4.79 Å². The normalized spacial score (nSPS) is 27.8. The lowest BCUT2D eigenvalue weighted by Crippen LogP contribution is -2.50. The van der Waals surface area contributed by atoms with E-state index in [4.69, 9.17) is 0 Å². The number of amides is 1. The van der Waals surface area contributed by atoms with Gasteiger partial charge in [-0.2, -0.15) is 0 Å². The topological polar surface area (TPSA) is 26.8 Å². The molecule has 0 radical (unpaired) electrons. The van der Waals surface area contributed by atoms with E-state index < -0.39 is 0 Å². The van der Waals surface area contributed by atoms with Crippen LogP contribution in [-0.2, 0) is 17.9 Å². The van der Waals surface area contributed by atoms with Crippen LogP contribution in [0.4, 0.5) is 0 Å². The standard InChI is InChI=1S/C20H31N3OS/c1-21(2)9-16-8-19(25-14-16)13-22-11-17-6-7-18(12-22)23(20(17)24)10-15-4-3-5-15/h8,14-15,17-18H,3-7,9-13H2,1-2H3/t17-,18+/m0/s1. The lowest BCUT2D eigenvalue weighted by Gasteiger charge is -2.40. The van der Waals surface area contributed by atoms with Crippen LogP contribution >= 0.6 is 11.3 Å². The molecule has 0 N–H and O–H groups in total. The Labute approximate surface area is 155 Å². The first-order valence-corrected chi connectivity index (χ1v) is 10.7. The second-order valence-corrected chi connectivity index (χ2v) is 9.56. The molecule has 5 rings (SSSR count). The molecule has 2 atom stereocenters. The van der Waals surface area contributed by atoms with E-state index >= 15 is 0 Å². The SMILES string of the molecule is CN(C)Cc1csc(CN2C[C@@H]3CC[C@H](C2)N(CC2CCC2)C3=O)c1. The monoisotopic (exact) mass is 361 g/mol. The highest BCUT2D eigenvalue weighted by Gasteiger charge is 2.41. The lowest BCUT2D eigenvalue weighted by atomic mass is 9.83. The summed E-state index contributed by atoms with van der Waals surface area (Å²) in [5, 5.41) is 2.29. The summed E-state index contributed by atoms with van der Waals surface area (Å²) < 4.78 is 0. The van der Waals surface area contributed by atoms with Crippen molar-refractivity contribution in [1.82, 2.24) is 14.7 Å². The first kappa shape index (κ1) is 17.5. The molecule has 138 valence electrons. The molecule has 0 unspecified atom stereocenters. The Balaban J connectivity index is 1.40. The van der Waals surface area contributed by atoms with E-state index in [2.05, 4.69) is 40.2 Å². The molecule has 3 saturated heterocycles. The maximum Gasteiger partial charge on any atom is 0.227 e. The highest BCUT2D eigenvalue weighted by Crippen LogP contribution is 2.34. The zero-order chi connectivity index (χ0) is 17.4. The Morgan fingerprint density at radius 3 is 2.76 bits per heavy atom. The molecule has 4 aliphatic rings. The largest absolute Gasteiger partial charge is 0.338 e. The van der Waals surface area contributed by atoms with Crippen molar-refractivity contribution in [2.24, 2.45) is 11.8 Å². The minimum Gasteiger partial charge on any atom is -0.338 e. The van der Waals surface area contributed by atoms with Crippen molar-refractivity contribution < 1.29 is 4.79 Å². The Kier molecular flexibility index (Phi) is 5.16. The van der Waals surface area contributed by atoms with Gasteiger partial charge in [-0.1, -0.05) is 6.42 Å². The summed E-state index contributed by atoms with van der Waals surface area (Å²) in [5.41, 5.74) is 1.41. The van der Waals surface area contributed by atoms with E-state index in [1.54, 1.807) is 0 Å². The Morgan fingerprint density at radius 2 is 2.04 bits per heavy atom. The number of piperidine rings is 1. The van der Waals surface area contributed by atoms with E-state index in [0.717, 1.165) is 45.1 Å². The molecule has 4 fully saturated rings. The third kappa shape index (κ3) is 3.93. The molecule has 3 aliphatic heterocycles. The number of hydrogen-bond donors (Lipinski definition) is 0. The van der Waals surface area contributed by atoms with Gasteiger partial charge in [-0.15, -0.1) is 11.3 Å². The summed E-state index contributed by atoms with van der Waals surface area (Å²) in [5.74, 6) is 1.47. The number of hydrogen-bond acceptors (Lipinski definition) is 4. The van der Waals surface area contributed by atoms with Crippen LogP contribution in [0.1, 0.15) is 42.5 Å². The summed E-state index contributed by atoms with van der Waals surface area (Å²) in [6, 6.07) is 2.80. The Morgan fingerprint density at radius 1 is 1.20 bits per heavy atom. The van der Waals surface area contributed by atoms with Gasteiger partial charge < -0.3 is 9.80 Å². The van der Waals surface area contributed by atoms with Gasteiger partial charge in [-0.3, -0.25) is 9.69 Å². The third-order valence-electron chi connectivity index (χ3n) is 6.13. The van der Waals surface area contributed by atoms with Crippen LogP contribution in [0.3, 0.4) is 0 Å². The summed E-state index contributed by atoms with van der Waals surface area (Å²) in [4.78, 5) is 21.4. The van der Waals surface area contributed by atoms with E-state index in [1.807, 2.05) is 11.3 Å². The molecule has 1 aliphatic carbocycles. The fourth-order valence-corrected chi connectivity index (χ4v) is 5.55. The van der Waals surface area contributed by atoms with Crippen LogP contribution in [0.5, 0.6) is 0 Å². The van der Waals surface area contributed by atoms with E-state index in [1.165, 1.54) is 36.1 Å². The van der Waals surface area contributed by atoms with Crippen LogP contribution in [0.25, 0.3) is 0 Å². The molecule has 4 heterocycles. The molecule has 1 saturated carbocycles. The van der Waals surface area contributed by atoms with Gasteiger partial charge in [0.05, 0.1) is 5.92 Å². The fraction of sp³-hybridized carbons (Fsp3) is 0.750. The van der Waals surface area contributed by atoms with Gasteiger partial charge in [0, 0.05) is 43.6 Å². The van der Waals surface area contributed by atoms with Crippen molar-refractivity contribution in [2.75, 3.05) is 33.7 Å². The average Bonchev–Trinajstić information content (AvgIpc) is 2.77. The highest BCUT2D eigenvalue weighted by atomic mass is 32.1. The molecule has 5 heteroatoms. The van der Waals surface area contributed by atoms with Crippen molar-refractivity contribution >= 4 is 17.2 Å². The second-order valence-electron chi connectivity index (χ2n) is 8.57. The minimum absolute atomic E-state index is 0.236. The Bertz CT molecular complexity index is 610. The van der Waals surface area contributed by atoms with Crippen LogP contribution in [-0.4, -0.2) is 60.4 Å². The van der Waals surface area contributed by atoms with Crippen molar-refractivity contribution in [3.05, 3.63) is 21.9 Å². The third-order valence-corrected chi connectivity index (χ3v) is 7.11. The van der Waals surface area contributed by atoms with Crippen LogP contribution in [0, 0.1) is 11.8 Å².